The number of rotatable bonds is 5. The second kappa shape index (κ2) is 8.64. The van der Waals surface area contributed by atoms with Crippen LogP contribution in [0.4, 0.5) is 0 Å². The predicted molar refractivity (Wildman–Crippen MR) is 101 cm³/mol. The molecule has 0 fully saturated rings. The van der Waals surface area contributed by atoms with Crippen molar-refractivity contribution in [1.82, 2.24) is 10.0 Å². The zero-order valence-corrected chi connectivity index (χ0v) is 15.9. The summed E-state index contributed by atoms with van der Waals surface area (Å²) in [6, 6.07) is 13.7. The lowest BCUT2D eigenvalue weighted by atomic mass is 9.95. The molecule has 8 heteroatoms. The van der Waals surface area contributed by atoms with Crippen LogP contribution in [0, 0.1) is 0 Å². The van der Waals surface area contributed by atoms with E-state index in [4.69, 9.17) is 0 Å². The average Bonchev–Trinajstić information content (AvgIpc) is 2.66. The standard InChI is InChI=1S/C18H20N2O4S.ClH/c1-24-18(21)14-6-8-15(9-7-14)25(22,23)20-12-17-16-5-3-2-4-13(16)10-11-19-17;/h2-9,17,19-20H,10-12H2,1H3;1H. The first-order valence-electron chi connectivity index (χ1n) is 8.00. The van der Waals surface area contributed by atoms with Crippen molar-refractivity contribution in [2.24, 2.45) is 0 Å². The van der Waals surface area contributed by atoms with E-state index in [9.17, 15) is 13.2 Å². The van der Waals surface area contributed by atoms with Crippen LogP contribution in [0.3, 0.4) is 0 Å². The number of carbonyl (C=O) groups excluding carboxylic acids is 1. The Morgan fingerprint density at radius 3 is 2.58 bits per heavy atom. The largest absolute Gasteiger partial charge is 0.465 e. The van der Waals surface area contributed by atoms with E-state index >= 15 is 0 Å². The number of nitrogens with one attached hydrogen (secondary N) is 2. The third kappa shape index (κ3) is 4.42. The van der Waals surface area contributed by atoms with Crippen LogP contribution in [0.1, 0.15) is 27.5 Å². The third-order valence-corrected chi connectivity index (χ3v) is 5.72. The Labute approximate surface area is 159 Å². The van der Waals surface area contributed by atoms with E-state index in [1.54, 1.807) is 0 Å². The van der Waals surface area contributed by atoms with E-state index < -0.39 is 16.0 Å². The number of hydrogen-bond donors (Lipinski definition) is 2. The molecular formula is C18H21ClN2O4S. The maximum atomic E-state index is 12.5. The van der Waals surface area contributed by atoms with E-state index in [2.05, 4.69) is 20.8 Å². The SMILES string of the molecule is COC(=O)c1ccc(S(=O)(=O)NCC2NCCc3ccccc32)cc1.Cl. The molecule has 0 radical (unpaired) electrons. The molecule has 1 aliphatic rings. The van der Waals surface area contributed by atoms with Gasteiger partial charge in [0.05, 0.1) is 17.6 Å². The molecule has 1 aliphatic heterocycles. The fraction of sp³-hybridized carbons (Fsp3) is 0.278. The number of esters is 1. The normalized spacial score (nSPS) is 16.3. The Bertz CT molecular complexity index is 869. The minimum Gasteiger partial charge on any atom is -0.465 e. The van der Waals surface area contributed by atoms with Crippen LogP contribution >= 0.6 is 12.4 Å². The van der Waals surface area contributed by atoms with Gasteiger partial charge in [-0.25, -0.2) is 17.9 Å². The molecule has 1 heterocycles. The lowest BCUT2D eigenvalue weighted by Crippen LogP contribution is -2.38. The Kier molecular flexibility index (Phi) is 6.77. The van der Waals surface area contributed by atoms with Crippen LogP contribution < -0.4 is 10.0 Å². The number of halogens is 1. The van der Waals surface area contributed by atoms with E-state index in [0.717, 1.165) is 18.5 Å². The number of sulfonamides is 1. The molecule has 0 saturated heterocycles. The topological polar surface area (TPSA) is 84.5 Å². The summed E-state index contributed by atoms with van der Waals surface area (Å²) in [5, 5.41) is 3.34. The molecule has 0 bridgehead atoms. The molecule has 1 atom stereocenters. The minimum atomic E-state index is -3.65. The summed E-state index contributed by atoms with van der Waals surface area (Å²) in [6.45, 7) is 1.08. The molecule has 6 nitrogen and oxygen atoms in total. The lowest BCUT2D eigenvalue weighted by molar-refractivity contribution is 0.0600. The van der Waals surface area contributed by atoms with Gasteiger partial charge in [0.1, 0.15) is 0 Å². The van der Waals surface area contributed by atoms with Gasteiger partial charge in [0, 0.05) is 12.6 Å². The zero-order chi connectivity index (χ0) is 17.9. The second-order valence-electron chi connectivity index (χ2n) is 5.82. The van der Waals surface area contributed by atoms with Gasteiger partial charge in [-0.15, -0.1) is 12.4 Å². The molecule has 140 valence electrons. The summed E-state index contributed by atoms with van der Waals surface area (Å²) < 4.78 is 32.2. The van der Waals surface area contributed by atoms with Crippen LogP contribution in [0.2, 0.25) is 0 Å². The van der Waals surface area contributed by atoms with Crippen molar-refractivity contribution in [3.8, 4) is 0 Å². The first-order chi connectivity index (χ1) is 12.0. The summed E-state index contributed by atoms with van der Waals surface area (Å²) in [5.41, 5.74) is 2.68. The summed E-state index contributed by atoms with van der Waals surface area (Å²) in [5.74, 6) is -0.500. The second-order valence-corrected chi connectivity index (χ2v) is 7.59. The van der Waals surface area contributed by atoms with Crippen LogP contribution in [0.5, 0.6) is 0 Å². The van der Waals surface area contributed by atoms with Crippen molar-refractivity contribution in [2.45, 2.75) is 17.4 Å². The Hall–Kier alpha value is -1.93. The highest BCUT2D eigenvalue weighted by Gasteiger charge is 2.22. The highest BCUT2D eigenvalue weighted by atomic mass is 35.5. The number of methoxy groups -OCH3 is 1. The van der Waals surface area contributed by atoms with Gasteiger partial charge in [-0.05, 0) is 48.4 Å². The number of carbonyl (C=O) groups is 1. The van der Waals surface area contributed by atoms with Gasteiger partial charge in [-0.2, -0.15) is 0 Å². The smallest absolute Gasteiger partial charge is 0.337 e. The van der Waals surface area contributed by atoms with Gasteiger partial charge in [0.2, 0.25) is 10.0 Å². The van der Waals surface area contributed by atoms with Gasteiger partial charge in [0.15, 0.2) is 0 Å². The molecule has 0 aromatic heterocycles. The first kappa shape index (κ1) is 20.4. The quantitative estimate of drug-likeness (QED) is 0.756. The Morgan fingerprint density at radius 1 is 1.19 bits per heavy atom. The van der Waals surface area contributed by atoms with Crippen molar-refractivity contribution >= 4 is 28.4 Å². The van der Waals surface area contributed by atoms with Crippen LogP contribution in [0.15, 0.2) is 53.4 Å². The van der Waals surface area contributed by atoms with Gasteiger partial charge in [-0.1, -0.05) is 24.3 Å². The predicted octanol–water partition coefficient (Wildman–Crippen LogP) is 2.06. The average molecular weight is 397 g/mol. The molecule has 26 heavy (non-hydrogen) atoms. The number of hydrogen-bond acceptors (Lipinski definition) is 5. The van der Waals surface area contributed by atoms with Crippen LogP contribution in [-0.4, -0.2) is 34.6 Å². The molecule has 0 amide bonds. The van der Waals surface area contributed by atoms with Crippen LogP contribution in [0.25, 0.3) is 0 Å². The lowest BCUT2D eigenvalue weighted by Gasteiger charge is -2.27. The fourth-order valence-corrected chi connectivity index (χ4v) is 3.99. The minimum absolute atomic E-state index is 0. The van der Waals surface area contributed by atoms with Crippen molar-refractivity contribution in [1.29, 1.82) is 0 Å². The third-order valence-electron chi connectivity index (χ3n) is 4.28. The van der Waals surface area contributed by atoms with Gasteiger partial charge in [0.25, 0.3) is 0 Å². The van der Waals surface area contributed by atoms with Gasteiger partial charge >= 0.3 is 5.97 Å². The summed E-state index contributed by atoms with van der Waals surface area (Å²) >= 11 is 0. The Morgan fingerprint density at radius 2 is 1.88 bits per heavy atom. The molecular weight excluding hydrogens is 376 g/mol. The van der Waals surface area contributed by atoms with Crippen LogP contribution in [-0.2, 0) is 21.2 Å². The van der Waals surface area contributed by atoms with Gasteiger partial charge in [-0.3, -0.25) is 0 Å². The summed E-state index contributed by atoms with van der Waals surface area (Å²) in [4.78, 5) is 11.5. The summed E-state index contributed by atoms with van der Waals surface area (Å²) in [6.07, 6.45) is 0.939. The zero-order valence-electron chi connectivity index (χ0n) is 14.3. The summed E-state index contributed by atoms with van der Waals surface area (Å²) in [7, 11) is -2.37. The highest BCUT2D eigenvalue weighted by molar-refractivity contribution is 7.89. The van der Waals surface area contributed by atoms with E-state index in [0.29, 0.717) is 5.56 Å². The fourth-order valence-electron chi connectivity index (χ4n) is 2.94. The molecule has 0 saturated carbocycles. The molecule has 2 aromatic carbocycles. The molecule has 2 N–H and O–H groups in total. The molecule has 3 rings (SSSR count). The van der Waals surface area contributed by atoms with E-state index in [1.807, 2.05) is 18.2 Å². The van der Waals surface area contributed by atoms with E-state index in [1.165, 1.54) is 36.9 Å². The number of ether oxygens (including phenoxy) is 1. The first-order valence-corrected chi connectivity index (χ1v) is 9.49. The van der Waals surface area contributed by atoms with Crippen molar-refractivity contribution in [2.75, 3.05) is 20.2 Å². The molecule has 1 unspecified atom stereocenters. The number of fused-ring (bicyclic) bond motifs is 1. The van der Waals surface area contributed by atoms with Crippen molar-refractivity contribution < 1.29 is 17.9 Å². The molecule has 0 aliphatic carbocycles. The monoisotopic (exact) mass is 396 g/mol. The Balaban J connectivity index is 0.00000243. The number of benzene rings is 2. The van der Waals surface area contributed by atoms with Gasteiger partial charge < -0.3 is 10.1 Å². The maximum Gasteiger partial charge on any atom is 0.337 e. The highest BCUT2D eigenvalue weighted by Crippen LogP contribution is 2.22. The molecule has 0 spiro atoms. The van der Waals surface area contributed by atoms with Crippen molar-refractivity contribution in [3.05, 3.63) is 65.2 Å². The molecule has 2 aromatic rings. The van der Waals surface area contributed by atoms with E-state index in [-0.39, 0.29) is 29.9 Å². The van der Waals surface area contributed by atoms with Crippen molar-refractivity contribution in [3.63, 3.8) is 0 Å². The maximum absolute atomic E-state index is 12.5.